The van der Waals surface area contributed by atoms with Crippen LogP contribution < -0.4 is 5.32 Å². The van der Waals surface area contributed by atoms with E-state index in [0.717, 1.165) is 10.4 Å². The van der Waals surface area contributed by atoms with Crippen LogP contribution in [0.4, 0.5) is 10.1 Å². The molecule has 1 aliphatic heterocycles. The maximum atomic E-state index is 14.2. The highest BCUT2D eigenvalue weighted by molar-refractivity contribution is 7.89. The Labute approximate surface area is 122 Å². The molecule has 1 unspecified atom stereocenters. The molecule has 116 valence electrons. The number of nitro benzene ring substituents is 1. The predicted octanol–water partition coefficient (Wildman–Crippen LogP) is 0.917. The molecule has 0 amide bonds. The van der Waals surface area contributed by atoms with E-state index in [1.807, 2.05) is 0 Å². The second-order valence-corrected chi connectivity index (χ2v) is 7.06. The number of nitro groups is 1. The van der Waals surface area contributed by atoms with Gasteiger partial charge in [0.15, 0.2) is 4.90 Å². The van der Waals surface area contributed by atoms with Gasteiger partial charge in [-0.15, -0.1) is 0 Å². The van der Waals surface area contributed by atoms with Crippen LogP contribution in [0.25, 0.3) is 0 Å². The van der Waals surface area contributed by atoms with E-state index in [1.54, 1.807) is 0 Å². The highest BCUT2D eigenvalue weighted by Crippen LogP contribution is 2.28. The zero-order chi connectivity index (χ0) is 15.7. The van der Waals surface area contributed by atoms with Gasteiger partial charge >= 0.3 is 0 Å². The third-order valence-electron chi connectivity index (χ3n) is 3.22. The van der Waals surface area contributed by atoms with Gasteiger partial charge in [0.25, 0.3) is 5.69 Å². The predicted molar refractivity (Wildman–Crippen MR) is 74.2 cm³/mol. The Bertz CT molecular complexity index is 648. The van der Waals surface area contributed by atoms with Crippen LogP contribution in [-0.2, 0) is 10.0 Å². The standard InChI is InChI=1S/C12H16FN3O4S/c1-12(13)8-14-6-7-15(9-12)21(19,20)11-5-3-2-4-10(11)16(17)18/h2-5,14H,6-9H2,1H3. The molecule has 0 saturated carbocycles. The van der Waals surface area contributed by atoms with Gasteiger partial charge in [0.2, 0.25) is 10.0 Å². The number of hydrogen-bond donors (Lipinski definition) is 1. The highest BCUT2D eigenvalue weighted by Gasteiger charge is 2.37. The molecule has 1 heterocycles. The summed E-state index contributed by atoms with van der Waals surface area (Å²) in [6.45, 7) is 1.35. The number of nitrogens with zero attached hydrogens (tertiary/aromatic N) is 2. The average molecular weight is 317 g/mol. The fourth-order valence-corrected chi connectivity index (χ4v) is 3.93. The molecule has 1 aromatic rings. The minimum Gasteiger partial charge on any atom is -0.312 e. The van der Waals surface area contributed by atoms with Crippen LogP contribution in [0, 0.1) is 10.1 Å². The van der Waals surface area contributed by atoms with E-state index in [4.69, 9.17) is 0 Å². The molecule has 1 fully saturated rings. The van der Waals surface area contributed by atoms with Crippen LogP contribution in [0.5, 0.6) is 0 Å². The summed E-state index contributed by atoms with van der Waals surface area (Å²) in [5.41, 5.74) is -2.23. The minimum absolute atomic E-state index is 0.0376. The van der Waals surface area contributed by atoms with Gasteiger partial charge < -0.3 is 5.32 Å². The van der Waals surface area contributed by atoms with Crippen molar-refractivity contribution in [2.24, 2.45) is 0 Å². The van der Waals surface area contributed by atoms with E-state index in [-0.39, 0.29) is 19.6 Å². The molecule has 0 aliphatic carbocycles. The first kappa shape index (κ1) is 15.8. The summed E-state index contributed by atoms with van der Waals surface area (Å²) >= 11 is 0. The molecule has 7 nitrogen and oxygen atoms in total. The Morgan fingerprint density at radius 3 is 2.76 bits per heavy atom. The molecular weight excluding hydrogens is 301 g/mol. The summed E-state index contributed by atoms with van der Waals surface area (Å²) in [7, 11) is -4.12. The first-order valence-electron chi connectivity index (χ1n) is 6.37. The second-order valence-electron chi connectivity index (χ2n) is 5.15. The summed E-state index contributed by atoms with van der Waals surface area (Å²) < 4.78 is 40.3. The van der Waals surface area contributed by atoms with Gasteiger partial charge in [-0.2, -0.15) is 4.31 Å². The number of rotatable bonds is 3. The smallest absolute Gasteiger partial charge is 0.289 e. The molecule has 21 heavy (non-hydrogen) atoms. The summed E-state index contributed by atoms with van der Waals surface area (Å²) in [6.07, 6.45) is 0. The van der Waals surface area contributed by atoms with Crippen molar-refractivity contribution in [1.29, 1.82) is 0 Å². The lowest BCUT2D eigenvalue weighted by molar-refractivity contribution is -0.387. The van der Waals surface area contributed by atoms with Crippen LogP contribution in [0.15, 0.2) is 29.2 Å². The third kappa shape index (κ3) is 3.36. The summed E-state index contributed by atoms with van der Waals surface area (Å²) in [5.74, 6) is 0. The summed E-state index contributed by atoms with van der Waals surface area (Å²) in [5, 5.41) is 13.8. The SMILES string of the molecule is CC1(F)CNCCN(S(=O)(=O)c2ccccc2[N+](=O)[O-])C1. The number of para-hydroxylation sites is 1. The molecule has 1 atom stereocenters. The first-order chi connectivity index (χ1) is 9.74. The molecule has 0 aromatic heterocycles. The summed E-state index contributed by atoms with van der Waals surface area (Å²) in [4.78, 5) is 9.82. The Morgan fingerprint density at radius 1 is 1.43 bits per heavy atom. The van der Waals surface area contributed by atoms with Crippen molar-refractivity contribution in [1.82, 2.24) is 9.62 Å². The molecule has 0 spiro atoms. The molecule has 0 bridgehead atoms. The fraction of sp³-hybridized carbons (Fsp3) is 0.500. The Kier molecular flexibility index (Phi) is 4.26. The molecular formula is C12H16FN3O4S. The molecule has 1 aliphatic rings. The van der Waals surface area contributed by atoms with E-state index < -0.39 is 31.2 Å². The van der Waals surface area contributed by atoms with Crippen molar-refractivity contribution in [2.75, 3.05) is 26.2 Å². The summed E-state index contributed by atoms with van der Waals surface area (Å²) in [6, 6.07) is 5.09. The van der Waals surface area contributed by atoms with E-state index in [1.165, 1.54) is 25.1 Å². The topological polar surface area (TPSA) is 92.6 Å². The van der Waals surface area contributed by atoms with Crippen molar-refractivity contribution in [3.63, 3.8) is 0 Å². The van der Waals surface area contributed by atoms with Crippen molar-refractivity contribution in [3.05, 3.63) is 34.4 Å². The molecule has 1 N–H and O–H groups in total. The van der Waals surface area contributed by atoms with Crippen molar-refractivity contribution in [3.8, 4) is 0 Å². The zero-order valence-electron chi connectivity index (χ0n) is 11.5. The van der Waals surface area contributed by atoms with Crippen molar-refractivity contribution >= 4 is 15.7 Å². The van der Waals surface area contributed by atoms with Crippen LogP contribution in [0.3, 0.4) is 0 Å². The zero-order valence-corrected chi connectivity index (χ0v) is 12.3. The van der Waals surface area contributed by atoms with Gasteiger partial charge in [0.1, 0.15) is 5.67 Å². The second kappa shape index (κ2) is 5.66. The average Bonchev–Trinajstić information content (AvgIpc) is 2.60. The lowest BCUT2D eigenvalue weighted by Crippen LogP contribution is -2.42. The van der Waals surface area contributed by atoms with Crippen molar-refractivity contribution < 1.29 is 17.7 Å². The maximum Gasteiger partial charge on any atom is 0.289 e. The Hall–Kier alpha value is -1.58. The van der Waals surface area contributed by atoms with Gasteiger partial charge in [-0.1, -0.05) is 12.1 Å². The number of benzene rings is 1. The van der Waals surface area contributed by atoms with Gasteiger partial charge in [-0.25, -0.2) is 12.8 Å². The minimum atomic E-state index is -4.12. The van der Waals surface area contributed by atoms with E-state index in [9.17, 15) is 22.9 Å². The number of nitrogens with one attached hydrogen (secondary N) is 1. The first-order valence-corrected chi connectivity index (χ1v) is 7.81. The number of sulfonamides is 1. The Morgan fingerprint density at radius 2 is 2.10 bits per heavy atom. The molecule has 1 aromatic carbocycles. The highest BCUT2D eigenvalue weighted by atomic mass is 32.2. The van der Waals surface area contributed by atoms with Crippen LogP contribution >= 0.6 is 0 Å². The Balaban J connectivity index is 2.44. The maximum absolute atomic E-state index is 14.2. The quantitative estimate of drug-likeness (QED) is 0.661. The van der Waals surface area contributed by atoms with Crippen LogP contribution in [0.1, 0.15) is 6.92 Å². The lowest BCUT2D eigenvalue weighted by Gasteiger charge is -2.25. The van der Waals surface area contributed by atoms with Gasteiger partial charge in [-0.05, 0) is 13.0 Å². The van der Waals surface area contributed by atoms with Crippen molar-refractivity contribution in [2.45, 2.75) is 17.5 Å². The van der Waals surface area contributed by atoms with E-state index in [0.29, 0.717) is 6.54 Å². The van der Waals surface area contributed by atoms with E-state index >= 15 is 0 Å². The van der Waals surface area contributed by atoms with Crippen LogP contribution in [-0.4, -0.2) is 49.5 Å². The van der Waals surface area contributed by atoms with Gasteiger partial charge in [-0.3, -0.25) is 10.1 Å². The third-order valence-corrected chi connectivity index (χ3v) is 5.11. The number of halogens is 1. The molecule has 1 saturated heterocycles. The van der Waals surface area contributed by atoms with Gasteiger partial charge in [0, 0.05) is 32.2 Å². The number of hydrogen-bond acceptors (Lipinski definition) is 5. The largest absolute Gasteiger partial charge is 0.312 e. The van der Waals surface area contributed by atoms with E-state index in [2.05, 4.69) is 5.32 Å². The molecule has 2 rings (SSSR count). The fourth-order valence-electron chi connectivity index (χ4n) is 2.23. The number of alkyl halides is 1. The van der Waals surface area contributed by atoms with Gasteiger partial charge in [0.05, 0.1) is 4.92 Å². The molecule has 9 heteroatoms. The monoisotopic (exact) mass is 317 g/mol. The van der Waals surface area contributed by atoms with Crippen LogP contribution in [0.2, 0.25) is 0 Å². The lowest BCUT2D eigenvalue weighted by atomic mass is 10.1. The normalized spacial score (nSPS) is 24.5. The molecule has 0 radical (unpaired) electrons.